The van der Waals surface area contributed by atoms with Crippen LogP contribution in [-0.2, 0) is 6.18 Å². The number of halogens is 3. The van der Waals surface area contributed by atoms with Crippen LogP contribution in [-0.4, -0.2) is 24.0 Å². The summed E-state index contributed by atoms with van der Waals surface area (Å²) in [4.78, 5) is 0. The van der Waals surface area contributed by atoms with Gasteiger partial charge in [-0.2, -0.15) is 18.3 Å². The number of hydrogen-bond donors (Lipinski definition) is 1. The van der Waals surface area contributed by atoms with E-state index < -0.39 is 11.7 Å². The second-order valence-electron chi connectivity index (χ2n) is 5.79. The number of hydrazone groups is 1. The van der Waals surface area contributed by atoms with Crippen LogP contribution in [0, 0.1) is 11.8 Å². The van der Waals surface area contributed by atoms with Gasteiger partial charge in [-0.1, -0.05) is 6.92 Å². The first-order valence-corrected chi connectivity index (χ1v) is 7.43. The second kappa shape index (κ2) is 6.69. The summed E-state index contributed by atoms with van der Waals surface area (Å²) >= 11 is 0. The first-order chi connectivity index (χ1) is 10.3. The van der Waals surface area contributed by atoms with Gasteiger partial charge < -0.3 is 5.11 Å². The largest absolute Gasteiger partial charge is 0.416 e. The Kier molecular flexibility index (Phi) is 5.11. The molecule has 0 amide bonds. The number of nitrogens with zero attached hydrogens (tertiary/aromatic N) is 2. The topological polar surface area (TPSA) is 35.8 Å². The zero-order chi connectivity index (χ0) is 16.3. The molecule has 0 aromatic heterocycles. The van der Waals surface area contributed by atoms with E-state index >= 15 is 0 Å². The van der Waals surface area contributed by atoms with E-state index in [0.29, 0.717) is 24.1 Å². The Morgan fingerprint density at radius 1 is 1.32 bits per heavy atom. The van der Waals surface area contributed by atoms with E-state index in [0.717, 1.165) is 30.7 Å². The van der Waals surface area contributed by atoms with Crippen molar-refractivity contribution in [2.75, 3.05) is 18.2 Å². The van der Waals surface area contributed by atoms with Crippen LogP contribution in [0.25, 0.3) is 0 Å². The van der Waals surface area contributed by atoms with Crippen molar-refractivity contribution in [2.24, 2.45) is 16.9 Å². The van der Waals surface area contributed by atoms with Gasteiger partial charge in [-0.25, -0.2) is 0 Å². The normalized spacial score (nSPS) is 20.7. The van der Waals surface area contributed by atoms with Crippen LogP contribution in [0.15, 0.2) is 29.4 Å². The lowest BCUT2D eigenvalue weighted by Gasteiger charge is -2.32. The molecule has 2 rings (SSSR count). The van der Waals surface area contributed by atoms with E-state index in [9.17, 15) is 13.2 Å². The van der Waals surface area contributed by atoms with Crippen molar-refractivity contribution < 1.29 is 18.3 Å². The minimum absolute atomic E-state index is 0.160. The number of aliphatic hydroxyl groups excluding tert-OH is 1. The zero-order valence-corrected chi connectivity index (χ0v) is 12.8. The van der Waals surface area contributed by atoms with Gasteiger partial charge in [-0.3, -0.25) is 5.01 Å². The molecule has 0 aliphatic carbocycles. The maximum atomic E-state index is 12.6. The molecule has 0 radical (unpaired) electrons. The number of benzene rings is 1. The van der Waals surface area contributed by atoms with Crippen LogP contribution in [0.5, 0.6) is 0 Å². The van der Waals surface area contributed by atoms with Gasteiger partial charge in [0.15, 0.2) is 0 Å². The molecule has 6 heteroatoms. The van der Waals surface area contributed by atoms with Crippen LogP contribution in [0.3, 0.4) is 0 Å². The summed E-state index contributed by atoms with van der Waals surface area (Å²) in [5.74, 6) is 0.668. The highest BCUT2D eigenvalue weighted by Gasteiger charge is 2.30. The molecule has 0 bridgehead atoms. The van der Waals surface area contributed by atoms with E-state index in [2.05, 4.69) is 12.0 Å². The predicted octanol–water partition coefficient (Wildman–Crippen LogP) is 3.93. The summed E-state index contributed by atoms with van der Waals surface area (Å²) in [5.41, 5.74) is 0.983. The van der Waals surface area contributed by atoms with Gasteiger partial charge in [-0.15, -0.1) is 0 Å². The van der Waals surface area contributed by atoms with Crippen LogP contribution < -0.4 is 5.01 Å². The van der Waals surface area contributed by atoms with E-state index in [1.807, 2.05) is 6.92 Å². The molecule has 0 fully saturated rings. The fourth-order valence-electron chi connectivity index (χ4n) is 2.90. The summed E-state index contributed by atoms with van der Waals surface area (Å²) in [7, 11) is 0. The number of alkyl halides is 3. The van der Waals surface area contributed by atoms with Gasteiger partial charge >= 0.3 is 6.18 Å². The Morgan fingerprint density at radius 2 is 1.95 bits per heavy atom. The Labute approximate surface area is 128 Å². The number of rotatable bonds is 4. The van der Waals surface area contributed by atoms with Gasteiger partial charge in [0, 0.05) is 24.8 Å². The third kappa shape index (κ3) is 3.80. The zero-order valence-electron chi connectivity index (χ0n) is 12.8. The van der Waals surface area contributed by atoms with Crippen molar-refractivity contribution in [3.63, 3.8) is 0 Å². The Hall–Kier alpha value is -1.56. The maximum Gasteiger partial charge on any atom is 0.416 e. The highest BCUT2D eigenvalue weighted by molar-refractivity contribution is 5.86. The Balaban J connectivity index is 2.12. The highest BCUT2D eigenvalue weighted by atomic mass is 19.4. The van der Waals surface area contributed by atoms with Crippen molar-refractivity contribution in [2.45, 2.75) is 32.9 Å². The summed E-state index contributed by atoms with van der Waals surface area (Å²) < 4.78 is 37.7. The van der Waals surface area contributed by atoms with Crippen molar-refractivity contribution in [3.05, 3.63) is 29.8 Å². The molecular formula is C16H21F3N2O. The van der Waals surface area contributed by atoms with Crippen LogP contribution in [0.4, 0.5) is 18.9 Å². The highest BCUT2D eigenvalue weighted by Crippen LogP contribution is 2.32. The molecule has 1 N–H and O–H groups in total. The average molecular weight is 314 g/mol. The van der Waals surface area contributed by atoms with Gasteiger partial charge in [0.2, 0.25) is 0 Å². The van der Waals surface area contributed by atoms with Crippen molar-refractivity contribution in [1.29, 1.82) is 0 Å². The standard InChI is InChI=1S/C16H21F3N2O/c1-11(8-10-22)15-7-9-21(20-12(15)2)14-5-3-13(4-6-14)16(17,18)19/h3-6,11,15,22H,7-10H2,1-2H3. The summed E-state index contributed by atoms with van der Waals surface area (Å²) in [6, 6.07) is 5.08. The number of anilines is 1. The smallest absolute Gasteiger partial charge is 0.396 e. The minimum Gasteiger partial charge on any atom is -0.396 e. The molecule has 1 aromatic carbocycles. The molecule has 22 heavy (non-hydrogen) atoms. The SMILES string of the molecule is CC1=NN(c2ccc(C(F)(F)F)cc2)CCC1C(C)CCO. The van der Waals surface area contributed by atoms with Crippen molar-refractivity contribution in [3.8, 4) is 0 Å². The summed E-state index contributed by atoms with van der Waals surface area (Å²) in [5, 5.41) is 15.3. The third-order valence-electron chi connectivity index (χ3n) is 4.23. The van der Waals surface area contributed by atoms with Crippen molar-refractivity contribution in [1.82, 2.24) is 0 Å². The lowest BCUT2D eigenvalue weighted by atomic mass is 9.84. The minimum atomic E-state index is -4.32. The number of aliphatic hydroxyl groups is 1. The van der Waals surface area contributed by atoms with Crippen LogP contribution in [0.2, 0.25) is 0 Å². The van der Waals surface area contributed by atoms with E-state index in [4.69, 9.17) is 5.11 Å². The molecule has 0 saturated heterocycles. The van der Waals surface area contributed by atoms with E-state index in [1.54, 1.807) is 5.01 Å². The molecule has 1 aromatic rings. The Morgan fingerprint density at radius 3 is 2.45 bits per heavy atom. The first kappa shape index (κ1) is 16.8. The quantitative estimate of drug-likeness (QED) is 0.914. The maximum absolute atomic E-state index is 12.6. The summed E-state index contributed by atoms with van der Waals surface area (Å²) in [6.45, 7) is 4.86. The van der Waals surface area contributed by atoms with Gasteiger partial charge in [-0.05, 0) is 49.9 Å². The molecular weight excluding hydrogens is 293 g/mol. The molecule has 0 spiro atoms. The van der Waals surface area contributed by atoms with Crippen molar-refractivity contribution >= 4 is 11.4 Å². The second-order valence-corrected chi connectivity index (χ2v) is 5.79. The van der Waals surface area contributed by atoms with Gasteiger partial charge in [0.05, 0.1) is 11.3 Å². The fraction of sp³-hybridized carbons (Fsp3) is 0.562. The lowest BCUT2D eigenvalue weighted by molar-refractivity contribution is -0.137. The summed E-state index contributed by atoms with van der Waals surface area (Å²) in [6.07, 6.45) is -2.69. The Bertz CT molecular complexity index is 525. The molecule has 2 unspecified atom stereocenters. The molecule has 2 atom stereocenters. The average Bonchev–Trinajstić information content (AvgIpc) is 2.46. The first-order valence-electron chi connectivity index (χ1n) is 7.43. The fourth-order valence-corrected chi connectivity index (χ4v) is 2.90. The molecule has 0 saturated carbocycles. The van der Waals surface area contributed by atoms with Gasteiger partial charge in [0.1, 0.15) is 0 Å². The molecule has 1 aliphatic heterocycles. The molecule has 1 aliphatic rings. The monoisotopic (exact) mass is 314 g/mol. The van der Waals surface area contributed by atoms with Crippen LogP contribution in [0.1, 0.15) is 32.3 Å². The van der Waals surface area contributed by atoms with E-state index in [1.165, 1.54) is 12.1 Å². The predicted molar refractivity (Wildman–Crippen MR) is 80.9 cm³/mol. The molecule has 122 valence electrons. The third-order valence-corrected chi connectivity index (χ3v) is 4.23. The lowest BCUT2D eigenvalue weighted by Crippen LogP contribution is -2.34. The molecule has 3 nitrogen and oxygen atoms in total. The number of hydrogen-bond acceptors (Lipinski definition) is 3. The van der Waals surface area contributed by atoms with Gasteiger partial charge in [0.25, 0.3) is 0 Å². The van der Waals surface area contributed by atoms with E-state index in [-0.39, 0.29) is 6.61 Å². The molecule has 1 heterocycles. The van der Waals surface area contributed by atoms with Crippen LogP contribution >= 0.6 is 0 Å².